The number of nitrogens with one attached hydrogen (secondary N) is 2. The van der Waals surface area contributed by atoms with E-state index in [1.54, 1.807) is 6.92 Å². The van der Waals surface area contributed by atoms with Crippen LogP contribution in [0.1, 0.15) is 19.8 Å². The third-order valence-corrected chi connectivity index (χ3v) is 3.95. The molecule has 1 fully saturated rings. The van der Waals surface area contributed by atoms with Gasteiger partial charge in [-0.15, -0.1) is 0 Å². The minimum atomic E-state index is -0.636. The largest absolute Gasteiger partial charge is 0.449 e. The topological polar surface area (TPSA) is 73.9 Å². The zero-order chi connectivity index (χ0) is 17.2. The number of hydrazine groups is 1. The molecule has 0 aromatic heterocycles. The number of carbonyl (C=O) groups is 2. The van der Waals surface area contributed by atoms with Crippen LogP contribution in [0, 0.1) is 0 Å². The second kappa shape index (κ2) is 9.77. The maximum absolute atomic E-state index is 11.6. The molecule has 0 spiro atoms. The number of para-hydroxylation sites is 1. The molecule has 0 saturated carbocycles. The lowest BCUT2D eigenvalue weighted by molar-refractivity contribution is -0.122. The zero-order valence-electron chi connectivity index (χ0n) is 14.2. The SMILES string of the molecule is CCOC(=O)NNC(=O)CCCN1CCN(c2ccccc2)CC1. The summed E-state index contributed by atoms with van der Waals surface area (Å²) in [6.07, 6.45) is 0.510. The van der Waals surface area contributed by atoms with Gasteiger partial charge in [-0.05, 0) is 32.0 Å². The van der Waals surface area contributed by atoms with Gasteiger partial charge in [-0.1, -0.05) is 18.2 Å². The van der Waals surface area contributed by atoms with E-state index in [-0.39, 0.29) is 12.5 Å². The normalized spacial score (nSPS) is 15.0. The molecule has 0 unspecified atom stereocenters. The van der Waals surface area contributed by atoms with E-state index in [0.717, 1.165) is 39.1 Å². The number of anilines is 1. The number of ether oxygens (including phenoxy) is 1. The second-order valence-electron chi connectivity index (χ2n) is 5.66. The number of piperazine rings is 1. The Balaban J connectivity index is 1.58. The van der Waals surface area contributed by atoms with E-state index in [1.807, 2.05) is 6.07 Å². The molecule has 0 bridgehead atoms. The van der Waals surface area contributed by atoms with Crippen molar-refractivity contribution in [2.75, 3.05) is 44.2 Å². The van der Waals surface area contributed by atoms with Crippen LogP contribution in [0.25, 0.3) is 0 Å². The summed E-state index contributed by atoms with van der Waals surface area (Å²) < 4.78 is 4.66. The Morgan fingerprint density at radius 1 is 1.08 bits per heavy atom. The van der Waals surface area contributed by atoms with Crippen molar-refractivity contribution in [2.45, 2.75) is 19.8 Å². The van der Waals surface area contributed by atoms with Crippen LogP contribution in [0.3, 0.4) is 0 Å². The molecule has 1 aliphatic rings. The number of amides is 2. The number of hydrogen-bond acceptors (Lipinski definition) is 5. The maximum atomic E-state index is 11.6. The minimum absolute atomic E-state index is 0.203. The summed E-state index contributed by atoms with van der Waals surface area (Å²) in [5, 5.41) is 0. The molecule has 1 aromatic rings. The van der Waals surface area contributed by atoms with Gasteiger partial charge in [0, 0.05) is 38.3 Å². The minimum Gasteiger partial charge on any atom is -0.449 e. The highest BCUT2D eigenvalue weighted by atomic mass is 16.5. The van der Waals surface area contributed by atoms with Crippen molar-refractivity contribution in [2.24, 2.45) is 0 Å². The van der Waals surface area contributed by atoms with E-state index < -0.39 is 6.09 Å². The van der Waals surface area contributed by atoms with Gasteiger partial charge in [-0.25, -0.2) is 10.2 Å². The number of hydrogen-bond donors (Lipinski definition) is 2. The fourth-order valence-electron chi connectivity index (χ4n) is 2.68. The summed E-state index contributed by atoms with van der Waals surface area (Å²) in [6.45, 7) is 6.86. The molecular formula is C17H26N4O3. The Labute approximate surface area is 142 Å². The quantitative estimate of drug-likeness (QED) is 0.769. The van der Waals surface area contributed by atoms with Gasteiger partial charge in [0.2, 0.25) is 5.91 Å². The van der Waals surface area contributed by atoms with Crippen LogP contribution in [0.4, 0.5) is 10.5 Å². The third-order valence-electron chi connectivity index (χ3n) is 3.95. The van der Waals surface area contributed by atoms with Gasteiger partial charge >= 0.3 is 6.09 Å². The molecule has 1 aliphatic heterocycles. The van der Waals surface area contributed by atoms with Gasteiger partial charge in [0.15, 0.2) is 0 Å². The Kier molecular flexibility index (Phi) is 7.35. The first-order valence-corrected chi connectivity index (χ1v) is 8.43. The summed E-state index contributed by atoms with van der Waals surface area (Å²) in [6, 6.07) is 10.4. The second-order valence-corrected chi connectivity index (χ2v) is 5.66. The first-order chi connectivity index (χ1) is 11.7. The Morgan fingerprint density at radius 3 is 2.46 bits per heavy atom. The number of carbonyl (C=O) groups excluding carboxylic acids is 2. The predicted molar refractivity (Wildman–Crippen MR) is 92.6 cm³/mol. The highest BCUT2D eigenvalue weighted by molar-refractivity contribution is 5.78. The Bertz CT molecular complexity index is 516. The summed E-state index contributed by atoms with van der Waals surface area (Å²) in [7, 11) is 0. The van der Waals surface area contributed by atoms with Crippen molar-refractivity contribution >= 4 is 17.7 Å². The number of benzene rings is 1. The smallest absolute Gasteiger partial charge is 0.426 e. The van der Waals surface area contributed by atoms with Gasteiger partial charge in [0.05, 0.1) is 6.61 Å². The monoisotopic (exact) mass is 334 g/mol. The summed E-state index contributed by atoms with van der Waals surface area (Å²) >= 11 is 0. The maximum Gasteiger partial charge on any atom is 0.426 e. The van der Waals surface area contributed by atoms with Gasteiger partial charge in [0.25, 0.3) is 0 Å². The van der Waals surface area contributed by atoms with Crippen LogP contribution in [-0.2, 0) is 9.53 Å². The molecular weight excluding hydrogens is 308 g/mol. The molecule has 1 heterocycles. The molecule has 2 amide bonds. The van der Waals surface area contributed by atoms with Crippen LogP contribution >= 0.6 is 0 Å². The standard InChI is InChI=1S/C17H26N4O3/c1-2-24-17(23)19-18-16(22)9-6-10-20-11-13-21(14-12-20)15-7-4-3-5-8-15/h3-5,7-8H,2,6,9-14H2,1H3,(H,18,22)(H,19,23). The highest BCUT2D eigenvalue weighted by Crippen LogP contribution is 2.15. The molecule has 0 atom stereocenters. The van der Waals surface area contributed by atoms with E-state index in [9.17, 15) is 9.59 Å². The summed E-state index contributed by atoms with van der Waals surface area (Å²) in [5.74, 6) is -0.203. The number of nitrogens with zero attached hydrogens (tertiary/aromatic N) is 2. The molecule has 1 aromatic carbocycles. The number of rotatable bonds is 6. The lowest BCUT2D eigenvalue weighted by atomic mass is 10.2. The first kappa shape index (κ1) is 18.1. The summed E-state index contributed by atoms with van der Waals surface area (Å²) in [4.78, 5) is 27.4. The van der Waals surface area contributed by atoms with E-state index >= 15 is 0 Å². The van der Waals surface area contributed by atoms with Crippen LogP contribution < -0.4 is 15.8 Å². The molecule has 7 heteroatoms. The first-order valence-electron chi connectivity index (χ1n) is 8.43. The van der Waals surface area contributed by atoms with Crippen LogP contribution in [0.2, 0.25) is 0 Å². The molecule has 0 aliphatic carbocycles. The van der Waals surface area contributed by atoms with E-state index in [1.165, 1.54) is 5.69 Å². The molecule has 2 N–H and O–H groups in total. The van der Waals surface area contributed by atoms with Gasteiger partial charge in [-0.3, -0.25) is 15.1 Å². The van der Waals surface area contributed by atoms with E-state index in [2.05, 4.69) is 49.7 Å². The lowest BCUT2D eigenvalue weighted by Crippen LogP contribution is -2.47. The molecule has 0 radical (unpaired) electrons. The van der Waals surface area contributed by atoms with Crippen LogP contribution in [-0.4, -0.2) is 56.2 Å². The van der Waals surface area contributed by atoms with Gasteiger partial charge in [-0.2, -0.15) is 0 Å². The van der Waals surface area contributed by atoms with Crippen LogP contribution in [0.15, 0.2) is 30.3 Å². The van der Waals surface area contributed by atoms with Gasteiger partial charge < -0.3 is 9.64 Å². The molecule has 1 saturated heterocycles. The average Bonchev–Trinajstić information content (AvgIpc) is 2.62. The molecule has 7 nitrogen and oxygen atoms in total. The fraction of sp³-hybridized carbons (Fsp3) is 0.529. The van der Waals surface area contributed by atoms with Crippen molar-refractivity contribution < 1.29 is 14.3 Å². The third kappa shape index (κ3) is 6.08. The summed E-state index contributed by atoms with van der Waals surface area (Å²) in [5.41, 5.74) is 5.82. The highest BCUT2D eigenvalue weighted by Gasteiger charge is 2.16. The van der Waals surface area contributed by atoms with Crippen molar-refractivity contribution in [1.29, 1.82) is 0 Å². The van der Waals surface area contributed by atoms with Crippen LogP contribution in [0.5, 0.6) is 0 Å². The molecule has 24 heavy (non-hydrogen) atoms. The fourth-order valence-corrected chi connectivity index (χ4v) is 2.68. The van der Waals surface area contributed by atoms with Crippen molar-refractivity contribution in [3.8, 4) is 0 Å². The van der Waals surface area contributed by atoms with Crippen molar-refractivity contribution in [3.63, 3.8) is 0 Å². The van der Waals surface area contributed by atoms with E-state index in [4.69, 9.17) is 0 Å². The Hall–Kier alpha value is -2.28. The zero-order valence-corrected chi connectivity index (χ0v) is 14.2. The molecule has 2 rings (SSSR count). The van der Waals surface area contributed by atoms with Crippen molar-refractivity contribution in [1.82, 2.24) is 15.8 Å². The van der Waals surface area contributed by atoms with Crippen molar-refractivity contribution in [3.05, 3.63) is 30.3 Å². The Morgan fingerprint density at radius 2 is 1.79 bits per heavy atom. The average molecular weight is 334 g/mol. The predicted octanol–water partition coefficient (Wildman–Crippen LogP) is 1.37. The van der Waals surface area contributed by atoms with E-state index in [0.29, 0.717) is 6.42 Å². The van der Waals surface area contributed by atoms with Gasteiger partial charge in [0.1, 0.15) is 0 Å². The molecule has 132 valence electrons. The lowest BCUT2D eigenvalue weighted by Gasteiger charge is -2.36.